The monoisotopic (exact) mass is 359 g/mol. The van der Waals surface area contributed by atoms with Gasteiger partial charge < -0.3 is 9.64 Å². The molecule has 0 N–H and O–H groups in total. The lowest BCUT2D eigenvalue weighted by Crippen LogP contribution is -2.41. The van der Waals surface area contributed by atoms with Crippen LogP contribution in [0.3, 0.4) is 0 Å². The molecule has 0 radical (unpaired) electrons. The SMILES string of the molecule is CC1CN(C(=O)OC(C)(C)C)Cc2c(Br)ccc(Cl)c21. The van der Waals surface area contributed by atoms with Crippen LogP contribution < -0.4 is 0 Å². The molecule has 1 atom stereocenters. The topological polar surface area (TPSA) is 29.5 Å². The summed E-state index contributed by atoms with van der Waals surface area (Å²) in [6.45, 7) is 8.85. The van der Waals surface area contributed by atoms with E-state index in [0.717, 1.165) is 20.6 Å². The van der Waals surface area contributed by atoms with Gasteiger partial charge in [0.2, 0.25) is 0 Å². The molecule has 110 valence electrons. The first-order valence-electron chi connectivity index (χ1n) is 6.63. The molecule has 0 aliphatic carbocycles. The molecular formula is C15H19BrClNO2. The fourth-order valence-electron chi connectivity index (χ4n) is 2.45. The standard InChI is InChI=1S/C15H19BrClNO2/c1-9-7-18(14(19)20-15(2,3)4)8-10-11(16)5-6-12(17)13(9)10/h5-6,9H,7-8H2,1-4H3. The molecule has 0 aromatic heterocycles. The molecule has 2 rings (SSSR count). The van der Waals surface area contributed by atoms with Gasteiger partial charge in [-0.15, -0.1) is 0 Å². The number of carbonyl (C=O) groups is 1. The third-order valence-electron chi connectivity index (χ3n) is 3.23. The third-order valence-corrected chi connectivity index (χ3v) is 4.31. The second kappa shape index (κ2) is 5.57. The first-order valence-corrected chi connectivity index (χ1v) is 7.81. The highest BCUT2D eigenvalue weighted by Gasteiger charge is 2.31. The van der Waals surface area contributed by atoms with Gasteiger partial charge in [-0.3, -0.25) is 0 Å². The van der Waals surface area contributed by atoms with Crippen LogP contribution in [-0.2, 0) is 11.3 Å². The van der Waals surface area contributed by atoms with Crippen molar-refractivity contribution in [1.29, 1.82) is 0 Å². The molecular weight excluding hydrogens is 342 g/mol. The van der Waals surface area contributed by atoms with Crippen LogP contribution in [0.4, 0.5) is 4.79 Å². The Bertz CT molecular complexity index is 539. The number of benzene rings is 1. The van der Waals surface area contributed by atoms with Gasteiger partial charge in [0.15, 0.2) is 0 Å². The van der Waals surface area contributed by atoms with Gasteiger partial charge >= 0.3 is 6.09 Å². The molecule has 1 aliphatic heterocycles. The smallest absolute Gasteiger partial charge is 0.410 e. The van der Waals surface area contributed by atoms with Crippen LogP contribution >= 0.6 is 27.5 Å². The Morgan fingerprint density at radius 1 is 1.45 bits per heavy atom. The van der Waals surface area contributed by atoms with Gasteiger partial charge in [-0.1, -0.05) is 34.5 Å². The summed E-state index contributed by atoms with van der Waals surface area (Å²) >= 11 is 9.83. The van der Waals surface area contributed by atoms with E-state index in [9.17, 15) is 4.79 Å². The molecule has 1 unspecified atom stereocenters. The zero-order valence-electron chi connectivity index (χ0n) is 12.2. The first kappa shape index (κ1) is 15.6. The predicted octanol–water partition coefficient (Wildman–Crippen LogP) is 4.96. The number of nitrogens with zero attached hydrogens (tertiary/aromatic N) is 1. The molecule has 1 aromatic carbocycles. The van der Waals surface area contributed by atoms with E-state index in [4.69, 9.17) is 16.3 Å². The van der Waals surface area contributed by atoms with Crippen molar-refractivity contribution in [1.82, 2.24) is 4.90 Å². The van der Waals surface area contributed by atoms with E-state index >= 15 is 0 Å². The Morgan fingerprint density at radius 3 is 2.70 bits per heavy atom. The van der Waals surface area contributed by atoms with Gasteiger partial charge in [-0.05, 0) is 44.0 Å². The summed E-state index contributed by atoms with van der Waals surface area (Å²) in [4.78, 5) is 14.0. The molecule has 0 bridgehead atoms. The van der Waals surface area contributed by atoms with Crippen LogP contribution in [0.15, 0.2) is 16.6 Å². The molecule has 3 nitrogen and oxygen atoms in total. The van der Waals surface area contributed by atoms with Crippen LogP contribution in [0.1, 0.15) is 44.7 Å². The maximum absolute atomic E-state index is 12.2. The Hall–Kier alpha value is -0.740. The highest BCUT2D eigenvalue weighted by atomic mass is 79.9. The fraction of sp³-hybridized carbons (Fsp3) is 0.533. The molecule has 1 amide bonds. The number of amides is 1. The van der Waals surface area contributed by atoms with Crippen LogP contribution in [0.5, 0.6) is 0 Å². The van der Waals surface area contributed by atoms with Crippen molar-refractivity contribution < 1.29 is 9.53 Å². The van der Waals surface area contributed by atoms with E-state index in [1.54, 1.807) is 4.90 Å². The summed E-state index contributed by atoms with van der Waals surface area (Å²) in [7, 11) is 0. The second-order valence-electron chi connectivity index (χ2n) is 6.18. The summed E-state index contributed by atoms with van der Waals surface area (Å²) in [5.41, 5.74) is 1.72. The lowest BCUT2D eigenvalue weighted by Gasteiger charge is -2.35. The van der Waals surface area contributed by atoms with E-state index < -0.39 is 5.60 Å². The molecule has 0 saturated carbocycles. The van der Waals surface area contributed by atoms with Crippen molar-refractivity contribution in [3.63, 3.8) is 0 Å². The molecule has 0 saturated heterocycles. The van der Waals surface area contributed by atoms with Crippen molar-refractivity contribution in [2.24, 2.45) is 0 Å². The third kappa shape index (κ3) is 3.29. The minimum atomic E-state index is -0.480. The van der Waals surface area contributed by atoms with Gasteiger partial charge in [0, 0.05) is 22.0 Å². The lowest BCUT2D eigenvalue weighted by molar-refractivity contribution is 0.0208. The highest BCUT2D eigenvalue weighted by Crippen LogP contribution is 2.38. The maximum atomic E-state index is 12.2. The van der Waals surface area contributed by atoms with Crippen molar-refractivity contribution >= 4 is 33.6 Å². The number of carbonyl (C=O) groups excluding carboxylic acids is 1. The van der Waals surface area contributed by atoms with Crippen molar-refractivity contribution in [3.05, 3.63) is 32.8 Å². The van der Waals surface area contributed by atoms with Crippen LogP contribution in [0.2, 0.25) is 5.02 Å². The predicted molar refractivity (Wildman–Crippen MR) is 84.2 cm³/mol. The summed E-state index contributed by atoms with van der Waals surface area (Å²) < 4.78 is 6.43. The second-order valence-corrected chi connectivity index (χ2v) is 7.44. The van der Waals surface area contributed by atoms with E-state index in [1.807, 2.05) is 32.9 Å². The Labute approximate surface area is 133 Å². The van der Waals surface area contributed by atoms with Gasteiger partial charge in [0.25, 0.3) is 0 Å². The van der Waals surface area contributed by atoms with E-state index in [1.165, 1.54) is 0 Å². The van der Waals surface area contributed by atoms with E-state index in [0.29, 0.717) is 13.1 Å². The number of rotatable bonds is 0. The maximum Gasteiger partial charge on any atom is 0.410 e. The Morgan fingerprint density at radius 2 is 2.10 bits per heavy atom. The summed E-state index contributed by atoms with van der Waals surface area (Å²) in [5, 5.41) is 0.763. The van der Waals surface area contributed by atoms with E-state index in [-0.39, 0.29) is 12.0 Å². The zero-order valence-corrected chi connectivity index (χ0v) is 14.5. The van der Waals surface area contributed by atoms with Crippen LogP contribution in [-0.4, -0.2) is 23.1 Å². The molecule has 20 heavy (non-hydrogen) atoms. The van der Waals surface area contributed by atoms with Crippen LogP contribution in [0, 0.1) is 0 Å². The Kier molecular flexibility index (Phi) is 4.35. The first-order chi connectivity index (χ1) is 9.19. The molecule has 0 fully saturated rings. The Balaban J connectivity index is 2.28. The van der Waals surface area contributed by atoms with Gasteiger partial charge in [-0.2, -0.15) is 0 Å². The van der Waals surface area contributed by atoms with Crippen molar-refractivity contribution in [2.75, 3.05) is 6.54 Å². The van der Waals surface area contributed by atoms with Crippen LogP contribution in [0.25, 0.3) is 0 Å². The van der Waals surface area contributed by atoms with Crippen molar-refractivity contribution in [2.45, 2.75) is 45.8 Å². The normalized spacial score (nSPS) is 18.7. The minimum absolute atomic E-state index is 0.191. The number of hydrogen-bond donors (Lipinski definition) is 0. The molecule has 1 heterocycles. The van der Waals surface area contributed by atoms with E-state index in [2.05, 4.69) is 22.9 Å². The van der Waals surface area contributed by atoms with Gasteiger partial charge in [-0.25, -0.2) is 4.79 Å². The average molecular weight is 361 g/mol. The number of hydrogen-bond acceptors (Lipinski definition) is 2. The summed E-state index contributed by atoms with van der Waals surface area (Å²) in [6, 6.07) is 3.82. The number of fused-ring (bicyclic) bond motifs is 1. The highest BCUT2D eigenvalue weighted by molar-refractivity contribution is 9.10. The van der Waals surface area contributed by atoms with Gasteiger partial charge in [0.05, 0.1) is 6.54 Å². The minimum Gasteiger partial charge on any atom is -0.444 e. The molecule has 5 heteroatoms. The summed E-state index contributed by atoms with van der Waals surface area (Å²) in [6.07, 6.45) is -0.276. The fourth-order valence-corrected chi connectivity index (χ4v) is 3.28. The molecule has 1 aromatic rings. The average Bonchev–Trinajstić information content (AvgIpc) is 2.31. The molecule has 0 spiro atoms. The molecule has 1 aliphatic rings. The zero-order chi connectivity index (χ0) is 15.1. The summed E-state index contributed by atoms with van der Waals surface area (Å²) in [5.74, 6) is 0.191. The van der Waals surface area contributed by atoms with Crippen molar-refractivity contribution in [3.8, 4) is 0 Å². The number of halogens is 2. The van der Waals surface area contributed by atoms with Gasteiger partial charge in [0.1, 0.15) is 5.60 Å². The lowest BCUT2D eigenvalue weighted by atomic mass is 9.91. The number of ether oxygens (including phenoxy) is 1. The quantitative estimate of drug-likeness (QED) is 0.654. The largest absolute Gasteiger partial charge is 0.444 e.